The van der Waals surface area contributed by atoms with Gasteiger partial charge in [0.2, 0.25) is 0 Å². The van der Waals surface area contributed by atoms with Crippen molar-refractivity contribution in [1.82, 2.24) is 4.90 Å². The van der Waals surface area contributed by atoms with Crippen LogP contribution in [0.25, 0.3) is 0 Å². The van der Waals surface area contributed by atoms with Crippen molar-refractivity contribution in [2.24, 2.45) is 10.7 Å². The minimum absolute atomic E-state index is 0.205. The second-order valence-electron chi connectivity index (χ2n) is 6.64. The Kier molecular flexibility index (Phi) is 6.52. The molecule has 3 rings (SSSR count). The Morgan fingerprint density at radius 3 is 2.33 bits per heavy atom. The molecule has 144 valence electrons. The van der Waals surface area contributed by atoms with Gasteiger partial charge in [-0.25, -0.2) is 4.39 Å². The van der Waals surface area contributed by atoms with Gasteiger partial charge in [0.05, 0.1) is 7.11 Å². The average Bonchev–Trinajstić information content (AvgIpc) is 2.72. The minimum atomic E-state index is -0.205. The summed E-state index contributed by atoms with van der Waals surface area (Å²) in [6.07, 6.45) is 1.93. The predicted octanol–water partition coefficient (Wildman–Crippen LogP) is 2.90. The Bertz CT molecular complexity index is 738. The van der Waals surface area contributed by atoms with Crippen LogP contribution in [-0.4, -0.2) is 50.7 Å². The Labute approximate surface area is 160 Å². The SMILES string of the molecule is COc1ccc(CCCN=C(N)N2CCN(c3ccc(F)cc3)CC2)cc1. The maximum absolute atomic E-state index is 13.0. The second-order valence-corrected chi connectivity index (χ2v) is 6.64. The van der Waals surface area contributed by atoms with Crippen molar-refractivity contribution in [3.05, 3.63) is 59.9 Å². The van der Waals surface area contributed by atoms with Gasteiger partial charge in [0.25, 0.3) is 0 Å². The molecule has 1 fully saturated rings. The van der Waals surface area contributed by atoms with Gasteiger partial charge in [-0.3, -0.25) is 4.99 Å². The fourth-order valence-electron chi connectivity index (χ4n) is 3.21. The van der Waals surface area contributed by atoms with E-state index < -0.39 is 0 Å². The molecule has 0 aliphatic carbocycles. The highest BCUT2D eigenvalue weighted by Crippen LogP contribution is 2.17. The van der Waals surface area contributed by atoms with E-state index in [0.717, 1.165) is 57.0 Å². The lowest BCUT2D eigenvalue weighted by atomic mass is 10.1. The number of aliphatic imine (C=N–C) groups is 1. The van der Waals surface area contributed by atoms with E-state index in [1.54, 1.807) is 7.11 Å². The maximum Gasteiger partial charge on any atom is 0.191 e. The van der Waals surface area contributed by atoms with Crippen LogP contribution in [0.2, 0.25) is 0 Å². The van der Waals surface area contributed by atoms with E-state index in [-0.39, 0.29) is 5.82 Å². The summed E-state index contributed by atoms with van der Waals surface area (Å²) < 4.78 is 18.2. The molecule has 1 aliphatic rings. The van der Waals surface area contributed by atoms with Crippen LogP contribution in [0.4, 0.5) is 10.1 Å². The van der Waals surface area contributed by atoms with Gasteiger partial charge in [-0.1, -0.05) is 12.1 Å². The van der Waals surface area contributed by atoms with Crippen molar-refractivity contribution in [3.63, 3.8) is 0 Å². The molecule has 6 heteroatoms. The number of nitrogens with zero attached hydrogens (tertiary/aromatic N) is 3. The fraction of sp³-hybridized carbons (Fsp3) is 0.381. The Morgan fingerprint density at radius 1 is 1.04 bits per heavy atom. The molecule has 0 radical (unpaired) electrons. The van der Waals surface area contributed by atoms with E-state index >= 15 is 0 Å². The number of anilines is 1. The summed E-state index contributed by atoms with van der Waals surface area (Å²) in [6.45, 7) is 4.08. The van der Waals surface area contributed by atoms with Crippen molar-refractivity contribution in [2.45, 2.75) is 12.8 Å². The number of aryl methyl sites for hydroxylation is 1. The van der Waals surface area contributed by atoms with Crippen molar-refractivity contribution < 1.29 is 9.13 Å². The molecule has 0 bridgehead atoms. The number of nitrogens with two attached hydrogens (primary N) is 1. The first-order valence-electron chi connectivity index (χ1n) is 9.34. The van der Waals surface area contributed by atoms with Crippen LogP contribution < -0.4 is 15.4 Å². The van der Waals surface area contributed by atoms with E-state index in [9.17, 15) is 4.39 Å². The summed E-state index contributed by atoms with van der Waals surface area (Å²) in [5, 5.41) is 0. The van der Waals surface area contributed by atoms with E-state index in [1.165, 1.54) is 17.7 Å². The minimum Gasteiger partial charge on any atom is -0.497 e. The molecule has 2 aromatic carbocycles. The van der Waals surface area contributed by atoms with Crippen LogP contribution in [0, 0.1) is 5.82 Å². The molecule has 0 spiro atoms. The van der Waals surface area contributed by atoms with Gasteiger partial charge < -0.3 is 20.3 Å². The largest absolute Gasteiger partial charge is 0.497 e. The standard InChI is InChI=1S/C21H27FN4O/c1-27-20-10-4-17(5-11-20)3-2-12-24-21(23)26-15-13-25(14-16-26)19-8-6-18(22)7-9-19/h4-11H,2-3,12-16H2,1H3,(H2,23,24). The first kappa shape index (κ1) is 19.0. The summed E-state index contributed by atoms with van der Waals surface area (Å²) in [4.78, 5) is 8.89. The first-order chi connectivity index (χ1) is 13.2. The molecule has 2 N–H and O–H groups in total. The number of benzene rings is 2. The van der Waals surface area contributed by atoms with Crippen molar-refractivity contribution in [1.29, 1.82) is 0 Å². The van der Waals surface area contributed by atoms with Crippen molar-refractivity contribution in [3.8, 4) is 5.75 Å². The molecule has 5 nitrogen and oxygen atoms in total. The molecular weight excluding hydrogens is 343 g/mol. The summed E-state index contributed by atoms with van der Waals surface area (Å²) in [5.41, 5.74) is 8.48. The predicted molar refractivity (Wildman–Crippen MR) is 108 cm³/mol. The lowest BCUT2D eigenvalue weighted by Gasteiger charge is -2.36. The maximum atomic E-state index is 13.0. The molecule has 0 aromatic heterocycles. The number of methoxy groups -OCH3 is 1. The number of halogens is 1. The van der Waals surface area contributed by atoms with Crippen LogP contribution in [0.5, 0.6) is 5.75 Å². The summed E-state index contributed by atoms with van der Waals surface area (Å²) >= 11 is 0. The van der Waals surface area contributed by atoms with Gasteiger partial charge in [0.1, 0.15) is 11.6 Å². The van der Waals surface area contributed by atoms with Gasteiger partial charge in [-0.15, -0.1) is 0 Å². The first-order valence-corrected chi connectivity index (χ1v) is 9.34. The van der Waals surface area contributed by atoms with Crippen LogP contribution in [-0.2, 0) is 6.42 Å². The molecule has 2 aromatic rings. The zero-order chi connectivity index (χ0) is 19.1. The van der Waals surface area contributed by atoms with Crippen molar-refractivity contribution in [2.75, 3.05) is 44.7 Å². The van der Waals surface area contributed by atoms with Crippen LogP contribution in [0.15, 0.2) is 53.5 Å². The number of piperazine rings is 1. The van der Waals surface area contributed by atoms with Gasteiger partial charge >= 0.3 is 0 Å². The Balaban J connectivity index is 1.41. The average molecular weight is 370 g/mol. The highest BCUT2D eigenvalue weighted by molar-refractivity contribution is 5.78. The third-order valence-electron chi connectivity index (χ3n) is 4.85. The van der Waals surface area contributed by atoms with Gasteiger partial charge in [-0.2, -0.15) is 0 Å². The lowest BCUT2D eigenvalue weighted by Crippen LogP contribution is -2.51. The van der Waals surface area contributed by atoms with Gasteiger partial charge in [0.15, 0.2) is 5.96 Å². The zero-order valence-corrected chi connectivity index (χ0v) is 15.8. The molecule has 0 saturated carbocycles. The molecule has 1 heterocycles. The molecule has 0 atom stereocenters. The summed E-state index contributed by atoms with van der Waals surface area (Å²) in [5.74, 6) is 1.28. The number of rotatable bonds is 6. The third-order valence-corrected chi connectivity index (χ3v) is 4.85. The molecule has 0 amide bonds. The van der Waals surface area contributed by atoms with Crippen molar-refractivity contribution >= 4 is 11.6 Å². The van der Waals surface area contributed by atoms with Crippen LogP contribution in [0.1, 0.15) is 12.0 Å². The molecule has 27 heavy (non-hydrogen) atoms. The van der Waals surface area contributed by atoms with Crippen LogP contribution >= 0.6 is 0 Å². The van der Waals surface area contributed by atoms with E-state index in [4.69, 9.17) is 10.5 Å². The second kappa shape index (κ2) is 9.26. The van der Waals surface area contributed by atoms with E-state index in [0.29, 0.717) is 5.96 Å². The highest BCUT2D eigenvalue weighted by atomic mass is 19.1. The number of guanidine groups is 1. The monoisotopic (exact) mass is 370 g/mol. The number of hydrogen-bond donors (Lipinski definition) is 1. The number of ether oxygens (including phenoxy) is 1. The molecular formula is C21H27FN4O. The van der Waals surface area contributed by atoms with Crippen LogP contribution in [0.3, 0.4) is 0 Å². The van der Waals surface area contributed by atoms with E-state index in [2.05, 4.69) is 26.9 Å². The summed E-state index contributed by atoms with van der Waals surface area (Å²) in [7, 11) is 1.67. The number of hydrogen-bond acceptors (Lipinski definition) is 3. The molecule has 1 saturated heterocycles. The van der Waals surface area contributed by atoms with Gasteiger partial charge in [-0.05, 0) is 54.8 Å². The van der Waals surface area contributed by atoms with E-state index in [1.807, 2.05) is 24.3 Å². The molecule has 1 aliphatic heterocycles. The molecule has 0 unspecified atom stereocenters. The fourth-order valence-corrected chi connectivity index (χ4v) is 3.21. The zero-order valence-electron chi connectivity index (χ0n) is 15.8. The third kappa shape index (κ3) is 5.36. The normalized spacial score (nSPS) is 15.1. The topological polar surface area (TPSA) is 54.1 Å². The Hall–Kier alpha value is -2.76. The lowest BCUT2D eigenvalue weighted by molar-refractivity contribution is 0.380. The quantitative estimate of drug-likeness (QED) is 0.483. The van der Waals surface area contributed by atoms with Gasteiger partial charge in [0, 0.05) is 38.4 Å². The summed E-state index contributed by atoms with van der Waals surface area (Å²) in [6, 6.07) is 14.8. The smallest absolute Gasteiger partial charge is 0.191 e. The highest BCUT2D eigenvalue weighted by Gasteiger charge is 2.18. The Morgan fingerprint density at radius 2 is 1.70 bits per heavy atom.